The molecule has 0 bridgehead atoms. The summed E-state index contributed by atoms with van der Waals surface area (Å²) >= 11 is 0. The van der Waals surface area contributed by atoms with Gasteiger partial charge in [-0.15, -0.1) is 0 Å². The van der Waals surface area contributed by atoms with Crippen LogP contribution in [-0.2, 0) is 4.74 Å². The molecule has 0 N–H and O–H groups in total. The lowest BCUT2D eigenvalue weighted by Crippen LogP contribution is -2.13. The number of hydrogen-bond acceptors (Lipinski definition) is 4. The largest absolute Gasteiger partial charge is 0.493 e. The van der Waals surface area contributed by atoms with Crippen molar-refractivity contribution in [2.24, 2.45) is 0 Å². The molecule has 0 aromatic heterocycles. The van der Waals surface area contributed by atoms with Gasteiger partial charge in [0.15, 0.2) is 11.5 Å². The van der Waals surface area contributed by atoms with Gasteiger partial charge in [0.2, 0.25) is 0 Å². The highest BCUT2D eigenvalue weighted by Crippen LogP contribution is 2.28. The topological polar surface area (TPSA) is 36.9 Å². The molecule has 0 heterocycles. The Labute approximate surface area is 162 Å². The lowest BCUT2D eigenvalue weighted by molar-refractivity contribution is 0.0754. The maximum absolute atomic E-state index is 5.89. The van der Waals surface area contributed by atoms with Crippen LogP contribution in [0, 0.1) is 20.8 Å². The first-order chi connectivity index (χ1) is 13.1. The highest BCUT2D eigenvalue weighted by Gasteiger charge is 2.07. The summed E-state index contributed by atoms with van der Waals surface area (Å²) in [5.41, 5.74) is 4.65. The van der Waals surface area contributed by atoms with Crippen molar-refractivity contribution in [2.45, 2.75) is 27.7 Å². The van der Waals surface area contributed by atoms with Gasteiger partial charge in [-0.1, -0.05) is 30.4 Å². The minimum atomic E-state index is 0.460. The Bertz CT molecular complexity index is 765. The quantitative estimate of drug-likeness (QED) is 0.544. The van der Waals surface area contributed by atoms with Crippen molar-refractivity contribution < 1.29 is 18.9 Å². The highest BCUT2D eigenvalue weighted by atomic mass is 16.6. The second-order valence-corrected chi connectivity index (χ2v) is 6.37. The second-order valence-electron chi connectivity index (χ2n) is 6.37. The molecule has 0 aliphatic carbocycles. The Morgan fingerprint density at radius 1 is 0.815 bits per heavy atom. The van der Waals surface area contributed by atoms with Gasteiger partial charge in [0, 0.05) is 0 Å². The average Bonchev–Trinajstić information content (AvgIpc) is 2.67. The Kier molecular flexibility index (Phi) is 8.21. The summed E-state index contributed by atoms with van der Waals surface area (Å²) < 4.78 is 22.7. The standard InChI is InChI=1S/C23H30O4/c1-6-7-20-10-11-21(22(16-20)24-5)26-14-12-25-13-15-27-23-18(3)9-8-17(2)19(23)4/h6-11,16H,12-15H2,1-5H3. The van der Waals surface area contributed by atoms with Gasteiger partial charge >= 0.3 is 0 Å². The van der Waals surface area contributed by atoms with Crippen LogP contribution in [0.25, 0.3) is 6.08 Å². The first kappa shape index (κ1) is 20.8. The zero-order valence-corrected chi connectivity index (χ0v) is 17.0. The number of allylic oxidation sites excluding steroid dienone is 1. The van der Waals surface area contributed by atoms with Crippen LogP contribution in [0.3, 0.4) is 0 Å². The molecule has 0 saturated heterocycles. The first-order valence-electron chi connectivity index (χ1n) is 9.27. The predicted molar refractivity (Wildman–Crippen MR) is 110 cm³/mol. The summed E-state index contributed by atoms with van der Waals surface area (Å²) in [5, 5.41) is 0. The van der Waals surface area contributed by atoms with Gasteiger partial charge in [0.25, 0.3) is 0 Å². The van der Waals surface area contributed by atoms with Gasteiger partial charge in [-0.25, -0.2) is 0 Å². The smallest absolute Gasteiger partial charge is 0.161 e. The molecule has 27 heavy (non-hydrogen) atoms. The van der Waals surface area contributed by atoms with Crippen LogP contribution >= 0.6 is 0 Å². The molecular formula is C23H30O4. The van der Waals surface area contributed by atoms with E-state index in [2.05, 4.69) is 32.9 Å². The van der Waals surface area contributed by atoms with Crippen molar-refractivity contribution in [2.75, 3.05) is 33.5 Å². The van der Waals surface area contributed by atoms with E-state index >= 15 is 0 Å². The van der Waals surface area contributed by atoms with Crippen molar-refractivity contribution in [3.05, 3.63) is 58.7 Å². The van der Waals surface area contributed by atoms with E-state index in [4.69, 9.17) is 18.9 Å². The zero-order chi connectivity index (χ0) is 19.6. The van der Waals surface area contributed by atoms with Gasteiger partial charge in [0.1, 0.15) is 19.0 Å². The van der Waals surface area contributed by atoms with E-state index in [-0.39, 0.29) is 0 Å². The third kappa shape index (κ3) is 6.04. The number of benzene rings is 2. The van der Waals surface area contributed by atoms with Crippen LogP contribution in [-0.4, -0.2) is 33.5 Å². The molecule has 0 unspecified atom stereocenters. The number of methoxy groups -OCH3 is 1. The normalized spacial score (nSPS) is 11.0. The Hall–Kier alpha value is -2.46. The summed E-state index contributed by atoms with van der Waals surface area (Å²) in [4.78, 5) is 0. The fraction of sp³-hybridized carbons (Fsp3) is 0.391. The Balaban J connectivity index is 1.72. The van der Waals surface area contributed by atoms with Crippen LogP contribution in [0.5, 0.6) is 17.2 Å². The summed E-state index contributed by atoms with van der Waals surface area (Å²) in [5.74, 6) is 2.40. The van der Waals surface area contributed by atoms with E-state index in [0.717, 1.165) is 28.4 Å². The fourth-order valence-electron chi connectivity index (χ4n) is 2.76. The van der Waals surface area contributed by atoms with Crippen molar-refractivity contribution in [1.29, 1.82) is 0 Å². The van der Waals surface area contributed by atoms with Gasteiger partial charge < -0.3 is 18.9 Å². The molecule has 2 rings (SSSR count). The zero-order valence-electron chi connectivity index (χ0n) is 17.0. The fourth-order valence-corrected chi connectivity index (χ4v) is 2.76. The summed E-state index contributed by atoms with van der Waals surface area (Å²) in [6.07, 6.45) is 4.01. The molecule has 2 aromatic carbocycles. The Morgan fingerprint density at radius 3 is 2.22 bits per heavy atom. The number of ether oxygens (including phenoxy) is 4. The Morgan fingerprint density at radius 2 is 1.52 bits per heavy atom. The highest BCUT2D eigenvalue weighted by molar-refractivity contribution is 5.55. The van der Waals surface area contributed by atoms with E-state index in [9.17, 15) is 0 Å². The van der Waals surface area contributed by atoms with Gasteiger partial charge in [-0.3, -0.25) is 0 Å². The lowest BCUT2D eigenvalue weighted by Gasteiger charge is -2.14. The predicted octanol–water partition coefficient (Wildman–Crippen LogP) is 5.13. The van der Waals surface area contributed by atoms with Crippen LogP contribution in [0.2, 0.25) is 0 Å². The van der Waals surface area contributed by atoms with E-state index in [0.29, 0.717) is 26.4 Å². The summed E-state index contributed by atoms with van der Waals surface area (Å²) in [7, 11) is 1.64. The SMILES string of the molecule is CC=Cc1ccc(OCCOCCOc2c(C)ccc(C)c2C)c(OC)c1. The maximum Gasteiger partial charge on any atom is 0.161 e. The van der Waals surface area contributed by atoms with Gasteiger partial charge in [-0.2, -0.15) is 0 Å². The van der Waals surface area contributed by atoms with E-state index in [1.807, 2.05) is 37.3 Å². The molecule has 0 atom stereocenters. The number of aryl methyl sites for hydroxylation is 2. The van der Waals surface area contributed by atoms with Crippen molar-refractivity contribution in [3.8, 4) is 17.2 Å². The summed E-state index contributed by atoms with van der Waals surface area (Å²) in [6.45, 7) is 10.2. The molecule has 0 radical (unpaired) electrons. The monoisotopic (exact) mass is 370 g/mol. The van der Waals surface area contributed by atoms with E-state index < -0.39 is 0 Å². The second kappa shape index (κ2) is 10.6. The van der Waals surface area contributed by atoms with Gasteiger partial charge in [0.05, 0.1) is 20.3 Å². The molecule has 0 aliphatic rings. The molecule has 0 amide bonds. The molecule has 2 aromatic rings. The number of rotatable bonds is 10. The van der Waals surface area contributed by atoms with Crippen molar-refractivity contribution >= 4 is 6.08 Å². The van der Waals surface area contributed by atoms with Crippen molar-refractivity contribution in [3.63, 3.8) is 0 Å². The molecule has 4 nitrogen and oxygen atoms in total. The molecule has 0 fully saturated rings. The average molecular weight is 370 g/mol. The molecule has 0 saturated carbocycles. The first-order valence-corrected chi connectivity index (χ1v) is 9.27. The van der Waals surface area contributed by atoms with Crippen LogP contribution < -0.4 is 14.2 Å². The molecule has 146 valence electrons. The lowest BCUT2D eigenvalue weighted by atomic mass is 10.1. The molecule has 0 spiro atoms. The van der Waals surface area contributed by atoms with Crippen LogP contribution in [0.1, 0.15) is 29.2 Å². The third-order valence-corrected chi connectivity index (χ3v) is 4.38. The van der Waals surface area contributed by atoms with Crippen LogP contribution in [0.4, 0.5) is 0 Å². The maximum atomic E-state index is 5.89. The molecular weight excluding hydrogens is 340 g/mol. The van der Waals surface area contributed by atoms with Gasteiger partial charge in [-0.05, 0) is 62.1 Å². The van der Waals surface area contributed by atoms with Crippen LogP contribution in [0.15, 0.2) is 36.4 Å². The summed E-state index contributed by atoms with van der Waals surface area (Å²) in [6, 6.07) is 10.1. The molecule has 0 aliphatic heterocycles. The minimum absolute atomic E-state index is 0.460. The third-order valence-electron chi connectivity index (χ3n) is 4.38. The molecule has 4 heteroatoms. The van der Waals surface area contributed by atoms with E-state index in [1.54, 1.807) is 7.11 Å². The minimum Gasteiger partial charge on any atom is -0.493 e. The van der Waals surface area contributed by atoms with Crippen molar-refractivity contribution in [1.82, 2.24) is 0 Å². The van der Waals surface area contributed by atoms with E-state index in [1.165, 1.54) is 11.1 Å². The number of hydrogen-bond donors (Lipinski definition) is 0.